The first-order valence-corrected chi connectivity index (χ1v) is 5.31. The van der Waals surface area contributed by atoms with Crippen LogP contribution >= 0.6 is 0 Å². The number of nitrogens with zero attached hydrogens (tertiary/aromatic N) is 1. The first kappa shape index (κ1) is 13.3. The lowest BCUT2D eigenvalue weighted by Gasteiger charge is -2.24. The maximum atomic E-state index is 11.4. The fraction of sp³-hybridized carbons (Fsp3) is 0.700. The zero-order valence-electron chi connectivity index (χ0n) is 10.1. The van der Waals surface area contributed by atoms with Crippen LogP contribution in [0, 0.1) is 5.41 Å². The lowest BCUT2D eigenvalue weighted by atomic mass is 9.87. The van der Waals surface area contributed by atoms with E-state index in [4.69, 9.17) is 5.11 Å². The molecule has 0 saturated carbocycles. The molecule has 7 heteroatoms. The molecular formula is C10H17N3O4. The standard InChI is InChI=1S/C10H17N3O4/c1-10(2,3)5-6(4-7(14)15)13-8(16)11-12-9(13)17/h6H,4-5H2,1-3H3,(H,11,16)(H,12,17)(H,14,15). The van der Waals surface area contributed by atoms with E-state index in [1.807, 2.05) is 20.8 Å². The maximum absolute atomic E-state index is 11.4. The van der Waals surface area contributed by atoms with Crippen molar-refractivity contribution in [2.75, 3.05) is 0 Å². The summed E-state index contributed by atoms with van der Waals surface area (Å²) in [7, 11) is 0. The van der Waals surface area contributed by atoms with Crippen LogP contribution in [0.5, 0.6) is 0 Å². The number of aliphatic carboxylic acids is 1. The third-order valence-corrected chi connectivity index (χ3v) is 2.34. The molecule has 0 aliphatic heterocycles. The van der Waals surface area contributed by atoms with Gasteiger partial charge in [0.15, 0.2) is 0 Å². The topological polar surface area (TPSA) is 108 Å². The molecule has 0 spiro atoms. The summed E-state index contributed by atoms with van der Waals surface area (Å²) < 4.78 is 0.930. The fourth-order valence-electron chi connectivity index (χ4n) is 1.81. The normalized spacial score (nSPS) is 13.6. The van der Waals surface area contributed by atoms with Gasteiger partial charge < -0.3 is 5.11 Å². The molecule has 0 fully saturated rings. The third kappa shape index (κ3) is 3.61. The van der Waals surface area contributed by atoms with Crippen LogP contribution in [0.4, 0.5) is 0 Å². The van der Waals surface area contributed by atoms with Gasteiger partial charge in [-0.25, -0.2) is 24.4 Å². The van der Waals surface area contributed by atoms with Crippen LogP contribution in [0.25, 0.3) is 0 Å². The van der Waals surface area contributed by atoms with Gasteiger partial charge in [0.05, 0.1) is 12.5 Å². The Kier molecular flexibility index (Phi) is 3.59. The van der Waals surface area contributed by atoms with Gasteiger partial charge in [0.2, 0.25) is 0 Å². The van der Waals surface area contributed by atoms with E-state index in [-0.39, 0.29) is 11.8 Å². The van der Waals surface area contributed by atoms with Crippen LogP contribution in [-0.4, -0.2) is 25.8 Å². The predicted octanol–water partition coefficient (Wildman–Crippen LogP) is 0.317. The summed E-state index contributed by atoms with van der Waals surface area (Å²) in [5.41, 5.74) is -1.39. The molecule has 1 atom stereocenters. The number of carboxylic acid groups (broad SMARTS) is 1. The van der Waals surface area contributed by atoms with Gasteiger partial charge in [-0.1, -0.05) is 20.8 Å². The number of carbonyl (C=O) groups is 1. The summed E-state index contributed by atoms with van der Waals surface area (Å²) in [6.07, 6.45) is 0.179. The molecule has 0 saturated heterocycles. The highest BCUT2D eigenvalue weighted by atomic mass is 16.4. The largest absolute Gasteiger partial charge is 0.481 e. The third-order valence-electron chi connectivity index (χ3n) is 2.34. The molecule has 1 aromatic heterocycles. The van der Waals surface area contributed by atoms with E-state index in [1.165, 1.54) is 0 Å². The number of H-pyrrole nitrogens is 2. The minimum atomic E-state index is -1.04. The van der Waals surface area contributed by atoms with Crippen molar-refractivity contribution < 1.29 is 9.90 Å². The second-order valence-electron chi connectivity index (χ2n) is 5.25. The van der Waals surface area contributed by atoms with Crippen LogP contribution in [0.3, 0.4) is 0 Å². The Bertz CT molecular complexity index is 475. The van der Waals surface area contributed by atoms with E-state index >= 15 is 0 Å². The maximum Gasteiger partial charge on any atom is 0.344 e. The number of aromatic nitrogens is 3. The Labute approximate surface area is 97.5 Å². The molecule has 0 aliphatic rings. The van der Waals surface area contributed by atoms with Crippen molar-refractivity contribution >= 4 is 5.97 Å². The van der Waals surface area contributed by atoms with Gasteiger partial charge in [0.25, 0.3) is 0 Å². The highest BCUT2D eigenvalue weighted by Crippen LogP contribution is 2.28. The van der Waals surface area contributed by atoms with E-state index in [0.717, 1.165) is 4.57 Å². The molecule has 1 aromatic rings. The Hall–Kier alpha value is -1.79. The van der Waals surface area contributed by atoms with Crippen LogP contribution in [0.15, 0.2) is 9.59 Å². The van der Waals surface area contributed by atoms with Crippen molar-refractivity contribution in [1.29, 1.82) is 0 Å². The molecule has 1 heterocycles. The van der Waals surface area contributed by atoms with E-state index < -0.39 is 23.4 Å². The molecule has 96 valence electrons. The molecule has 0 bridgehead atoms. The second-order valence-corrected chi connectivity index (χ2v) is 5.25. The van der Waals surface area contributed by atoms with Gasteiger partial charge in [0, 0.05) is 0 Å². The smallest absolute Gasteiger partial charge is 0.344 e. The molecule has 0 radical (unpaired) electrons. The Morgan fingerprint density at radius 2 is 1.76 bits per heavy atom. The molecular weight excluding hydrogens is 226 g/mol. The van der Waals surface area contributed by atoms with Crippen LogP contribution in [0.1, 0.15) is 39.7 Å². The van der Waals surface area contributed by atoms with Crippen LogP contribution in [0.2, 0.25) is 0 Å². The Morgan fingerprint density at radius 1 is 1.29 bits per heavy atom. The summed E-state index contributed by atoms with van der Waals surface area (Å²) in [6, 6.07) is -0.644. The quantitative estimate of drug-likeness (QED) is 0.707. The van der Waals surface area contributed by atoms with Crippen molar-refractivity contribution in [3.8, 4) is 0 Å². The number of nitrogens with one attached hydrogen (secondary N) is 2. The lowest BCUT2D eigenvalue weighted by molar-refractivity contribution is -0.138. The molecule has 0 aliphatic carbocycles. The summed E-state index contributed by atoms with van der Waals surface area (Å²) in [6.45, 7) is 5.77. The van der Waals surface area contributed by atoms with Crippen molar-refractivity contribution in [2.24, 2.45) is 5.41 Å². The predicted molar refractivity (Wildman–Crippen MR) is 61.0 cm³/mol. The average Bonchev–Trinajstić information content (AvgIpc) is 2.41. The summed E-state index contributed by atoms with van der Waals surface area (Å²) in [4.78, 5) is 33.6. The summed E-state index contributed by atoms with van der Waals surface area (Å²) >= 11 is 0. The summed E-state index contributed by atoms with van der Waals surface area (Å²) in [5, 5.41) is 13.1. The Balaban J connectivity index is 3.11. The van der Waals surface area contributed by atoms with E-state index in [2.05, 4.69) is 10.2 Å². The van der Waals surface area contributed by atoms with Crippen molar-refractivity contribution in [1.82, 2.24) is 14.8 Å². The monoisotopic (exact) mass is 243 g/mol. The zero-order chi connectivity index (χ0) is 13.2. The highest BCUT2D eigenvalue weighted by molar-refractivity contribution is 5.67. The average molecular weight is 243 g/mol. The fourth-order valence-corrected chi connectivity index (χ4v) is 1.81. The van der Waals surface area contributed by atoms with Crippen LogP contribution < -0.4 is 11.4 Å². The molecule has 0 aromatic carbocycles. The molecule has 3 N–H and O–H groups in total. The SMILES string of the molecule is CC(C)(C)CC(CC(=O)O)n1c(=O)[nH][nH]c1=O. The minimum Gasteiger partial charge on any atom is -0.481 e. The number of aromatic amines is 2. The number of hydrogen-bond acceptors (Lipinski definition) is 3. The van der Waals surface area contributed by atoms with Crippen molar-refractivity contribution in [3.63, 3.8) is 0 Å². The first-order valence-electron chi connectivity index (χ1n) is 5.31. The van der Waals surface area contributed by atoms with Gasteiger partial charge in [0.1, 0.15) is 0 Å². The lowest BCUT2D eigenvalue weighted by Crippen LogP contribution is -2.34. The molecule has 1 rings (SSSR count). The number of carboxylic acids is 1. The van der Waals surface area contributed by atoms with E-state index in [9.17, 15) is 14.4 Å². The van der Waals surface area contributed by atoms with Crippen molar-refractivity contribution in [3.05, 3.63) is 21.0 Å². The highest BCUT2D eigenvalue weighted by Gasteiger charge is 2.25. The summed E-state index contributed by atoms with van der Waals surface area (Å²) in [5.74, 6) is -1.04. The Morgan fingerprint density at radius 3 is 2.12 bits per heavy atom. The van der Waals surface area contributed by atoms with Gasteiger partial charge >= 0.3 is 17.3 Å². The molecule has 17 heavy (non-hydrogen) atoms. The van der Waals surface area contributed by atoms with E-state index in [0.29, 0.717) is 6.42 Å². The second kappa shape index (κ2) is 4.60. The molecule has 0 amide bonds. The van der Waals surface area contributed by atoms with Crippen LogP contribution in [-0.2, 0) is 4.79 Å². The molecule has 1 unspecified atom stereocenters. The number of rotatable bonds is 4. The zero-order valence-corrected chi connectivity index (χ0v) is 10.1. The molecule has 7 nitrogen and oxygen atoms in total. The van der Waals surface area contributed by atoms with Gasteiger partial charge in [-0.15, -0.1) is 0 Å². The van der Waals surface area contributed by atoms with E-state index in [1.54, 1.807) is 0 Å². The minimum absolute atomic E-state index is 0.177. The first-order chi connectivity index (χ1) is 7.70. The van der Waals surface area contributed by atoms with Gasteiger partial charge in [-0.2, -0.15) is 0 Å². The van der Waals surface area contributed by atoms with Crippen molar-refractivity contribution in [2.45, 2.75) is 39.7 Å². The van der Waals surface area contributed by atoms with Gasteiger partial charge in [-0.3, -0.25) is 4.79 Å². The number of hydrogen-bond donors (Lipinski definition) is 3. The van der Waals surface area contributed by atoms with Gasteiger partial charge in [-0.05, 0) is 11.8 Å².